The van der Waals surface area contributed by atoms with E-state index < -0.39 is 0 Å². The summed E-state index contributed by atoms with van der Waals surface area (Å²) in [5.41, 5.74) is 12.4. The topological polar surface area (TPSA) is 9.86 Å². The van der Waals surface area contributed by atoms with Gasteiger partial charge in [-0.1, -0.05) is 135 Å². The molecule has 0 bridgehead atoms. The van der Waals surface area contributed by atoms with E-state index in [1.165, 1.54) is 90.1 Å². The third-order valence-corrected chi connectivity index (χ3v) is 9.19. The van der Waals surface area contributed by atoms with Crippen LogP contribution in [0.5, 0.6) is 0 Å². The molecule has 45 heavy (non-hydrogen) atoms. The first-order chi connectivity index (χ1) is 22.2. The molecule has 0 unspecified atom stereocenters. The average Bonchev–Trinajstić information content (AvgIpc) is 3.61. The SMILES string of the molecule is CCCC/C=C(/c1ccc(C)cc1)c1ccc(-n2c3ccccc3c3ccc4c5ccccc5n(-c5ccccc5)c4c32)cc1. The van der Waals surface area contributed by atoms with Gasteiger partial charge in [-0.25, -0.2) is 0 Å². The van der Waals surface area contributed by atoms with Crippen LogP contribution in [-0.2, 0) is 0 Å². The van der Waals surface area contributed by atoms with Crippen molar-refractivity contribution in [1.29, 1.82) is 0 Å². The predicted octanol–water partition coefficient (Wildman–Crippen LogP) is 11.8. The molecule has 2 heteroatoms. The molecule has 218 valence electrons. The van der Waals surface area contributed by atoms with Gasteiger partial charge in [0.05, 0.1) is 22.1 Å². The molecule has 0 saturated heterocycles. The number of allylic oxidation sites excluding steroid dienone is 1. The van der Waals surface area contributed by atoms with Crippen molar-refractivity contribution >= 4 is 49.2 Å². The summed E-state index contributed by atoms with van der Waals surface area (Å²) in [6.07, 6.45) is 5.89. The lowest BCUT2D eigenvalue weighted by atomic mass is 9.95. The van der Waals surface area contributed by atoms with E-state index in [2.05, 4.69) is 169 Å². The summed E-state index contributed by atoms with van der Waals surface area (Å²) in [4.78, 5) is 0. The lowest BCUT2D eigenvalue weighted by Gasteiger charge is -2.14. The second kappa shape index (κ2) is 11.3. The number of nitrogens with zero attached hydrogens (tertiary/aromatic N) is 2. The molecule has 2 aromatic heterocycles. The van der Waals surface area contributed by atoms with E-state index in [9.17, 15) is 0 Å². The molecular weight excluding hydrogens is 544 g/mol. The third-order valence-electron chi connectivity index (χ3n) is 9.19. The summed E-state index contributed by atoms with van der Waals surface area (Å²) in [7, 11) is 0. The number of unbranched alkanes of at least 4 members (excludes halogenated alkanes) is 2. The number of hydrogen-bond donors (Lipinski definition) is 0. The molecule has 0 aliphatic rings. The van der Waals surface area contributed by atoms with Crippen molar-refractivity contribution in [3.05, 3.63) is 162 Å². The van der Waals surface area contributed by atoms with Gasteiger partial charge in [-0.05, 0) is 66.4 Å². The number of para-hydroxylation sites is 3. The van der Waals surface area contributed by atoms with E-state index in [-0.39, 0.29) is 0 Å². The highest BCUT2D eigenvalue weighted by atomic mass is 15.0. The van der Waals surface area contributed by atoms with Crippen molar-refractivity contribution in [1.82, 2.24) is 9.13 Å². The highest BCUT2D eigenvalue weighted by Gasteiger charge is 2.21. The predicted molar refractivity (Wildman–Crippen MR) is 193 cm³/mol. The number of fused-ring (bicyclic) bond motifs is 7. The molecule has 0 N–H and O–H groups in total. The maximum Gasteiger partial charge on any atom is 0.0788 e. The van der Waals surface area contributed by atoms with E-state index >= 15 is 0 Å². The van der Waals surface area contributed by atoms with Crippen molar-refractivity contribution < 1.29 is 0 Å². The van der Waals surface area contributed by atoms with Gasteiger partial charge in [0.1, 0.15) is 0 Å². The first-order valence-corrected chi connectivity index (χ1v) is 16.1. The average molecular weight is 581 g/mol. The second-order valence-corrected chi connectivity index (χ2v) is 12.1. The number of benzene rings is 6. The first kappa shape index (κ1) is 27.2. The van der Waals surface area contributed by atoms with Crippen LogP contribution in [0.4, 0.5) is 0 Å². The van der Waals surface area contributed by atoms with Crippen molar-refractivity contribution in [2.45, 2.75) is 33.1 Å². The van der Waals surface area contributed by atoms with Gasteiger partial charge in [0, 0.05) is 32.9 Å². The molecule has 0 fully saturated rings. The minimum atomic E-state index is 1.08. The number of rotatable bonds is 7. The van der Waals surface area contributed by atoms with Gasteiger partial charge >= 0.3 is 0 Å². The molecule has 6 aromatic carbocycles. The molecular formula is C43H36N2. The van der Waals surface area contributed by atoms with Crippen LogP contribution < -0.4 is 0 Å². The molecule has 8 rings (SSSR count). The Kier molecular flexibility index (Phi) is 6.84. The number of hydrogen-bond acceptors (Lipinski definition) is 0. The van der Waals surface area contributed by atoms with Crippen LogP contribution >= 0.6 is 0 Å². The zero-order chi connectivity index (χ0) is 30.3. The monoisotopic (exact) mass is 580 g/mol. The Hall–Kier alpha value is -5.34. The Bertz CT molecular complexity index is 2330. The maximum atomic E-state index is 2.47. The van der Waals surface area contributed by atoms with Crippen LogP contribution in [-0.4, -0.2) is 9.13 Å². The summed E-state index contributed by atoms with van der Waals surface area (Å²) in [6.45, 7) is 4.41. The van der Waals surface area contributed by atoms with Gasteiger partial charge in [0.15, 0.2) is 0 Å². The van der Waals surface area contributed by atoms with Crippen molar-refractivity contribution in [2.24, 2.45) is 0 Å². The molecule has 2 nitrogen and oxygen atoms in total. The lowest BCUT2D eigenvalue weighted by Crippen LogP contribution is -1.99. The Morgan fingerprint density at radius 2 is 1.00 bits per heavy atom. The zero-order valence-electron chi connectivity index (χ0n) is 25.9. The van der Waals surface area contributed by atoms with E-state index in [4.69, 9.17) is 0 Å². The molecule has 0 amide bonds. The molecule has 8 aromatic rings. The maximum absolute atomic E-state index is 2.47. The van der Waals surface area contributed by atoms with Gasteiger partial charge in [0.25, 0.3) is 0 Å². The summed E-state index contributed by atoms with van der Waals surface area (Å²) >= 11 is 0. The Labute approximate surface area is 264 Å². The fourth-order valence-electron chi connectivity index (χ4n) is 6.99. The Balaban J connectivity index is 1.39. The highest BCUT2D eigenvalue weighted by Crippen LogP contribution is 2.41. The summed E-state index contributed by atoms with van der Waals surface area (Å²) in [6, 6.07) is 51.2. The van der Waals surface area contributed by atoms with Crippen LogP contribution in [0.2, 0.25) is 0 Å². The van der Waals surface area contributed by atoms with Crippen molar-refractivity contribution in [3.8, 4) is 11.4 Å². The highest BCUT2D eigenvalue weighted by molar-refractivity contribution is 6.23. The summed E-state index contributed by atoms with van der Waals surface area (Å²) in [5.74, 6) is 0. The summed E-state index contributed by atoms with van der Waals surface area (Å²) < 4.78 is 4.92. The van der Waals surface area contributed by atoms with Crippen LogP contribution in [0.3, 0.4) is 0 Å². The lowest BCUT2D eigenvalue weighted by molar-refractivity contribution is 0.815. The smallest absolute Gasteiger partial charge is 0.0788 e. The van der Waals surface area contributed by atoms with E-state index in [0.29, 0.717) is 0 Å². The van der Waals surface area contributed by atoms with Crippen molar-refractivity contribution in [2.75, 3.05) is 0 Å². The van der Waals surface area contributed by atoms with E-state index in [0.717, 1.165) is 6.42 Å². The van der Waals surface area contributed by atoms with Gasteiger partial charge in [-0.2, -0.15) is 0 Å². The molecule has 0 atom stereocenters. The normalized spacial score (nSPS) is 12.2. The van der Waals surface area contributed by atoms with Crippen LogP contribution in [0.15, 0.2) is 146 Å². The quantitative estimate of drug-likeness (QED) is 0.166. The van der Waals surface area contributed by atoms with Crippen LogP contribution in [0.25, 0.3) is 60.6 Å². The van der Waals surface area contributed by atoms with Crippen LogP contribution in [0, 0.1) is 6.92 Å². The molecule has 2 heterocycles. The largest absolute Gasteiger partial charge is 0.307 e. The molecule has 0 radical (unpaired) electrons. The van der Waals surface area contributed by atoms with Gasteiger partial charge < -0.3 is 9.13 Å². The minimum Gasteiger partial charge on any atom is -0.307 e. The van der Waals surface area contributed by atoms with Gasteiger partial charge in [-0.15, -0.1) is 0 Å². The second-order valence-electron chi connectivity index (χ2n) is 12.1. The third kappa shape index (κ3) is 4.57. The Morgan fingerprint density at radius 1 is 0.511 bits per heavy atom. The number of aryl methyl sites for hydroxylation is 1. The number of aromatic nitrogens is 2. The Morgan fingerprint density at radius 3 is 1.56 bits per heavy atom. The van der Waals surface area contributed by atoms with Gasteiger partial charge in [0.2, 0.25) is 0 Å². The van der Waals surface area contributed by atoms with E-state index in [1.807, 2.05) is 0 Å². The standard InChI is InChI=1S/C43H36N2/c1-3-4-6-15-35(31-22-20-30(2)21-23-31)32-24-26-34(27-25-32)45-41-19-12-10-17-37(41)39-29-28-38-36-16-9-11-18-40(36)44(42(38)43(39)45)33-13-7-5-8-14-33/h5,7-29H,3-4,6H2,1-2H3/b35-15-. The molecule has 0 saturated carbocycles. The molecule has 0 spiro atoms. The fraction of sp³-hybridized carbons (Fsp3) is 0.116. The fourth-order valence-corrected chi connectivity index (χ4v) is 6.99. The first-order valence-electron chi connectivity index (χ1n) is 16.1. The minimum absolute atomic E-state index is 1.08. The van der Waals surface area contributed by atoms with E-state index in [1.54, 1.807) is 0 Å². The van der Waals surface area contributed by atoms with Gasteiger partial charge in [-0.3, -0.25) is 0 Å². The van der Waals surface area contributed by atoms with Crippen LogP contribution in [0.1, 0.15) is 42.9 Å². The molecule has 0 aliphatic carbocycles. The van der Waals surface area contributed by atoms with Crippen molar-refractivity contribution in [3.63, 3.8) is 0 Å². The molecule has 0 aliphatic heterocycles. The zero-order valence-corrected chi connectivity index (χ0v) is 25.9. The summed E-state index contributed by atoms with van der Waals surface area (Å²) in [5, 5.41) is 5.07.